The van der Waals surface area contributed by atoms with Gasteiger partial charge >= 0.3 is 5.91 Å². The van der Waals surface area contributed by atoms with Crippen molar-refractivity contribution in [3.63, 3.8) is 0 Å². The van der Waals surface area contributed by atoms with Crippen molar-refractivity contribution >= 4 is 39.5 Å². The summed E-state index contributed by atoms with van der Waals surface area (Å²) in [4.78, 5) is 46.2. The van der Waals surface area contributed by atoms with E-state index in [1.807, 2.05) is 0 Å². The highest BCUT2D eigenvalue weighted by atomic mass is 32.2. The SMILES string of the molecule is CO[N+]1(C(C)(NS(=O)(=O)c2ccccc2[N+](=O)[O-])C2(NC(=O)[O-])CCCCC2)C(=O)C=Cc2ncccc21. The zero-order valence-electron chi connectivity index (χ0n) is 20.7. The first-order valence-electron chi connectivity index (χ1n) is 11.8. The lowest BCUT2D eigenvalue weighted by Gasteiger charge is -2.56. The van der Waals surface area contributed by atoms with E-state index >= 15 is 0 Å². The van der Waals surface area contributed by atoms with Crippen LogP contribution in [0.3, 0.4) is 0 Å². The number of carbonyl (C=O) groups excluding carboxylic acids is 2. The van der Waals surface area contributed by atoms with Crippen molar-refractivity contribution in [1.82, 2.24) is 19.7 Å². The quantitative estimate of drug-likeness (QED) is 0.284. The van der Waals surface area contributed by atoms with E-state index in [1.54, 1.807) is 0 Å². The number of pyridine rings is 1. The first kappa shape index (κ1) is 27.3. The Balaban J connectivity index is 2.06. The van der Waals surface area contributed by atoms with Gasteiger partial charge in [-0.25, -0.2) is 13.2 Å². The van der Waals surface area contributed by atoms with Gasteiger partial charge in [0.2, 0.25) is 11.4 Å². The van der Waals surface area contributed by atoms with Gasteiger partial charge in [0.15, 0.2) is 4.90 Å². The van der Waals surface area contributed by atoms with Gasteiger partial charge in [-0.3, -0.25) is 15.1 Å². The van der Waals surface area contributed by atoms with Gasteiger partial charge in [0.1, 0.15) is 17.3 Å². The third-order valence-electron chi connectivity index (χ3n) is 7.42. The number of hydroxylamine groups is 2. The Hall–Kier alpha value is -3.72. The molecule has 0 spiro atoms. The summed E-state index contributed by atoms with van der Waals surface area (Å²) < 4.78 is 29.3. The molecule has 0 bridgehead atoms. The number of aromatic nitrogens is 1. The van der Waals surface area contributed by atoms with Gasteiger partial charge in [-0.15, -0.1) is 0 Å². The summed E-state index contributed by atoms with van der Waals surface area (Å²) in [7, 11) is -3.58. The van der Waals surface area contributed by atoms with Crippen molar-refractivity contribution in [3.05, 3.63) is 64.5 Å². The molecular weight excluding hydrogens is 518 g/mol. The van der Waals surface area contributed by atoms with Gasteiger partial charge in [-0.05, 0) is 31.1 Å². The third kappa shape index (κ3) is 4.15. The molecule has 202 valence electrons. The predicted molar refractivity (Wildman–Crippen MR) is 133 cm³/mol. The second kappa shape index (κ2) is 9.87. The number of fused-ring (bicyclic) bond motifs is 1. The second-order valence-electron chi connectivity index (χ2n) is 9.33. The molecule has 2 amide bonds. The molecule has 1 fully saturated rings. The number of sulfonamides is 1. The molecule has 2 N–H and O–H groups in total. The molecule has 1 aliphatic heterocycles. The van der Waals surface area contributed by atoms with E-state index < -0.39 is 53.4 Å². The smallest absolute Gasteiger partial charge is 0.377 e. The van der Waals surface area contributed by atoms with Gasteiger partial charge < -0.3 is 15.2 Å². The maximum absolute atomic E-state index is 13.9. The number of nitrogens with zero attached hydrogens (tertiary/aromatic N) is 3. The van der Waals surface area contributed by atoms with E-state index in [0.29, 0.717) is 18.5 Å². The van der Waals surface area contributed by atoms with Gasteiger partial charge in [-0.1, -0.05) is 36.0 Å². The van der Waals surface area contributed by atoms with Crippen molar-refractivity contribution < 1.29 is 32.9 Å². The Morgan fingerprint density at radius 1 is 1.16 bits per heavy atom. The van der Waals surface area contributed by atoms with Crippen molar-refractivity contribution in [3.8, 4) is 0 Å². The average molecular weight is 546 g/mol. The first-order valence-corrected chi connectivity index (χ1v) is 13.3. The maximum Gasteiger partial charge on any atom is 0.377 e. The van der Waals surface area contributed by atoms with Crippen LogP contribution in [0.5, 0.6) is 0 Å². The lowest BCUT2D eigenvalue weighted by molar-refractivity contribution is -0.387. The molecule has 1 aromatic carbocycles. The Kier molecular flexibility index (Phi) is 7.09. The van der Waals surface area contributed by atoms with Crippen LogP contribution in [-0.2, 0) is 19.7 Å². The highest BCUT2D eigenvalue weighted by Gasteiger charge is 2.70. The number of benzene rings is 1. The number of rotatable bonds is 8. The lowest BCUT2D eigenvalue weighted by Crippen LogP contribution is -2.85. The number of hydrogen-bond donors (Lipinski definition) is 2. The molecule has 1 aromatic heterocycles. The van der Waals surface area contributed by atoms with Gasteiger partial charge in [0.25, 0.3) is 15.7 Å². The number of nitrogens with one attached hydrogen (secondary N) is 2. The van der Waals surface area contributed by atoms with Crippen molar-refractivity contribution in [2.24, 2.45) is 0 Å². The van der Waals surface area contributed by atoms with Crippen LogP contribution in [0.1, 0.15) is 44.7 Å². The molecule has 14 heteroatoms. The number of carbonyl (C=O) groups is 2. The minimum absolute atomic E-state index is 0.118. The molecule has 2 heterocycles. The molecule has 2 aliphatic rings. The van der Waals surface area contributed by atoms with Crippen LogP contribution < -0.4 is 19.8 Å². The first-order chi connectivity index (χ1) is 17.9. The number of nitro groups is 1. The molecule has 2 aromatic rings. The monoisotopic (exact) mass is 545 g/mol. The largest absolute Gasteiger partial charge is 0.530 e. The Labute approximate surface area is 218 Å². The zero-order chi connectivity index (χ0) is 27.8. The Morgan fingerprint density at radius 3 is 2.47 bits per heavy atom. The van der Waals surface area contributed by atoms with E-state index in [9.17, 15) is 33.2 Å². The van der Waals surface area contributed by atoms with E-state index in [4.69, 9.17) is 4.84 Å². The fraction of sp³-hybridized carbons (Fsp3) is 0.375. The minimum atomic E-state index is -4.78. The minimum Gasteiger partial charge on any atom is -0.530 e. The summed E-state index contributed by atoms with van der Waals surface area (Å²) in [5.41, 5.74) is -4.00. The summed E-state index contributed by atoms with van der Waals surface area (Å²) in [6.45, 7) is 1.36. The van der Waals surface area contributed by atoms with Crippen LogP contribution >= 0.6 is 0 Å². The van der Waals surface area contributed by atoms with Crippen LogP contribution in [0.15, 0.2) is 53.6 Å². The molecule has 0 radical (unpaired) electrons. The standard InChI is InChI=1S/C24H27N5O8S/c1-23(24(26-22(31)32)14-6-3-7-15-24,27-38(35,36)20-11-5-4-9-18(20)28(33)34)29(37-2)19-10-8-16-25-17(19)12-13-21(29)30/h4-5,8-13,16,26-27H,3,6-7,14-15H2,1-2H3. The number of quaternary nitrogens is 1. The summed E-state index contributed by atoms with van der Waals surface area (Å²) in [5, 5.41) is 26.2. The number of nitro benzene ring substituents is 1. The van der Waals surface area contributed by atoms with E-state index in [-0.39, 0.29) is 18.5 Å². The van der Waals surface area contributed by atoms with Crippen LogP contribution in [0.25, 0.3) is 6.08 Å². The number of amides is 2. The van der Waals surface area contributed by atoms with Crippen LogP contribution in [0, 0.1) is 10.1 Å². The van der Waals surface area contributed by atoms with Gasteiger partial charge in [0, 0.05) is 31.3 Å². The van der Waals surface area contributed by atoms with Gasteiger partial charge in [0.05, 0.1) is 12.0 Å². The zero-order valence-corrected chi connectivity index (χ0v) is 21.6. The Morgan fingerprint density at radius 2 is 1.84 bits per heavy atom. The highest BCUT2D eigenvalue weighted by Crippen LogP contribution is 2.48. The fourth-order valence-corrected chi connectivity index (χ4v) is 7.34. The summed E-state index contributed by atoms with van der Waals surface area (Å²) >= 11 is 0. The molecule has 1 saturated carbocycles. The van der Waals surface area contributed by atoms with E-state index in [1.165, 1.54) is 56.6 Å². The summed E-state index contributed by atoms with van der Waals surface area (Å²) in [6, 6.07) is 7.81. The molecule has 13 nitrogen and oxygen atoms in total. The lowest BCUT2D eigenvalue weighted by atomic mass is 9.71. The van der Waals surface area contributed by atoms with Crippen LogP contribution in [-0.4, -0.2) is 48.6 Å². The number of hydrogen-bond acceptors (Lipinski definition) is 9. The summed E-state index contributed by atoms with van der Waals surface area (Å²) in [5.74, 6) is -0.717. The molecule has 4 rings (SSSR count). The molecule has 2 atom stereocenters. The molecule has 38 heavy (non-hydrogen) atoms. The number of para-hydroxylation sites is 1. The van der Waals surface area contributed by atoms with Crippen molar-refractivity contribution in [2.75, 3.05) is 7.11 Å². The molecule has 1 aliphatic carbocycles. The third-order valence-corrected chi connectivity index (χ3v) is 9.01. The molecule has 2 unspecified atom stereocenters. The highest BCUT2D eigenvalue weighted by molar-refractivity contribution is 7.89. The second-order valence-corrected chi connectivity index (χ2v) is 11.0. The Bertz CT molecular complexity index is 1420. The van der Waals surface area contributed by atoms with E-state index in [2.05, 4.69) is 15.0 Å². The van der Waals surface area contributed by atoms with Gasteiger partial charge in [-0.2, -0.15) is 9.56 Å². The van der Waals surface area contributed by atoms with Crippen molar-refractivity contribution in [1.29, 1.82) is 0 Å². The average Bonchev–Trinajstić information content (AvgIpc) is 2.88. The van der Waals surface area contributed by atoms with Crippen molar-refractivity contribution in [2.45, 2.75) is 55.1 Å². The summed E-state index contributed by atoms with van der Waals surface area (Å²) in [6.07, 6.45) is 4.39. The number of carboxylic acid groups (broad SMARTS) is 1. The van der Waals surface area contributed by atoms with Crippen LogP contribution in [0.4, 0.5) is 16.2 Å². The van der Waals surface area contributed by atoms with E-state index in [0.717, 1.165) is 18.6 Å². The van der Waals surface area contributed by atoms with Crippen LogP contribution in [0.2, 0.25) is 0 Å². The predicted octanol–water partition coefficient (Wildman–Crippen LogP) is 1.74. The topological polar surface area (TPSA) is 181 Å². The molecule has 0 saturated heterocycles. The molecular formula is C24H27N5O8S. The maximum atomic E-state index is 13.9. The normalized spacial score (nSPS) is 22.2. The fourth-order valence-electron chi connectivity index (χ4n) is 5.71.